The van der Waals surface area contributed by atoms with Gasteiger partial charge in [-0.15, -0.1) is 0 Å². The van der Waals surface area contributed by atoms with E-state index in [1.54, 1.807) is 6.07 Å². The van der Waals surface area contributed by atoms with Crippen molar-refractivity contribution < 1.29 is 14.5 Å². The number of morpholine rings is 1. The number of carbonyl (C=O) groups is 1. The molecule has 1 saturated heterocycles. The first kappa shape index (κ1) is 19.8. The summed E-state index contributed by atoms with van der Waals surface area (Å²) in [4.78, 5) is 25.9. The van der Waals surface area contributed by atoms with E-state index < -0.39 is 4.92 Å². The summed E-state index contributed by atoms with van der Waals surface area (Å²) < 4.78 is 5.38. The standard InChI is InChI=1S/C21H25N3O4/c1-14-4-5-15(2)18(12-14)16(3)22-21(25)19-13-17(24(26)27)6-7-20(19)23-8-10-28-11-9-23/h4-7,12-13,16H,8-11H2,1-3H3,(H,22,25). The van der Waals surface area contributed by atoms with Crippen molar-refractivity contribution in [1.29, 1.82) is 0 Å². The molecule has 0 aliphatic carbocycles. The van der Waals surface area contributed by atoms with Crippen LogP contribution in [-0.2, 0) is 4.74 Å². The first-order chi connectivity index (χ1) is 13.4. The second-order valence-corrected chi connectivity index (χ2v) is 7.11. The van der Waals surface area contributed by atoms with Gasteiger partial charge in [0, 0.05) is 25.2 Å². The van der Waals surface area contributed by atoms with Gasteiger partial charge >= 0.3 is 0 Å². The van der Waals surface area contributed by atoms with Gasteiger partial charge in [0.15, 0.2) is 0 Å². The Morgan fingerprint density at radius 2 is 1.89 bits per heavy atom. The molecule has 1 N–H and O–H groups in total. The molecule has 28 heavy (non-hydrogen) atoms. The van der Waals surface area contributed by atoms with Crippen molar-refractivity contribution in [1.82, 2.24) is 5.32 Å². The van der Waals surface area contributed by atoms with Crippen molar-refractivity contribution in [3.63, 3.8) is 0 Å². The van der Waals surface area contributed by atoms with Gasteiger partial charge in [0.05, 0.1) is 35.4 Å². The third-order valence-electron chi connectivity index (χ3n) is 5.04. The number of non-ortho nitro benzene ring substituents is 1. The van der Waals surface area contributed by atoms with Crippen LogP contribution in [0.4, 0.5) is 11.4 Å². The Bertz CT molecular complexity index is 891. The van der Waals surface area contributed by atoms with Crippen LogP contribution in [0.3, 0.4) is 0 Å². The fourth-order valence-electron chi connectivity index (χ4n) is 3.48. The SMILES string of the molecule is Cc1ccc(C)c(C(C)NC(=O)c2cc([N+](=O)[O-])ccc2N2CCOCC2)c1. The molecular formula is C21H25N3O4. The Balaban J connectivity index is 1.91. The highest BCUT2D eigenvalue weighted by Gasteiger charge is 2.23. The third-order valence-corrected chi connectivity index (χ3v) is 5.04. The number of anilines is 1. The minimum atomic E-state index is -0.478. The molecule has 7 nitrogen and oxygen atoms in total. The molecule has 2 aromatic carbocycles. The average molecular weight is 383 g/mol. The summed E-state index contributed by atoms with van der Waals surface area (Å²) in [5.74, 6) is -0.321. The molecule has 0 saturated carbocycles. The number of rotatable bonds is 5. The van der Waals surface area contributed by atoms with E-state index in [1.165, 1.54) is 12.1 Å². The molecule has 1 atom stereocenters. The number of nitrogens with one attached hydrogen (secondary N) is 1. The lowest BCUT2D eigenvalue weighted by atomic mass is 9.99. The maximum Gasteiger partial charge on any atom is 0.270 e. The molecule has 148 valence electrons. The van der Waals surface area contributed by atoms with Crippen LogP contribution in [0.1, 0.15) is 40.0 Å². The van der Waals surface area contributed by atoms with Crippen LogP contribution in [0.15, 0.2) is 36.4 Å². The van der Waals surface area contributed by atoms with Crippen LogP contribution < -0.4 is 10.2 Å². The molecule has 0 bridgehead atoms. The second-order valence-electron chi connectivity index (χ2n) is 7.11. The first-order valence-corrected chi connectivity index (χ1v) is 9.36. The van der Waals surface area contributed by atoms with Crippen molar-refractivity contribution in [3.05, 3.63) is 68.8 Å². The van der Waals surface area contributed by atoms with Crippen LogP contribution in [0.2, 0.25) is 0 Å². The third kappa shape index (κ3) is 4.31. The van der Waals surface area contributed by atoms with Crippen molar-refractivity contribution >= 4 is 17.3 Å². The Morgan fingerprint density at radius 3 is 2.57 bits per heavy atom. The molecule has 3 rings (SSSR count). The number of amides is 1. The zero-order valence-electron chi connectivity index (χ0n) is 16.4. The van der Waals surface area contributed by atoms with Gasteiger partial charge in [-0.25, -0.2) is 0 Å². The highest BCUT2D eigenvalue weighted by molar-refractivity contribution is 6.00. The molecule has 1 unspecified atom stereocenters. The maximum absolute atomic E-state index is 13.1. The monoisotopic (exact) mass is 383 g/mol. The number of nitrogens with zero attached hydrogens (tertiary/aromatic N) is 2. The number of aryl methyl sites for hydroxylation is 2. The van der Waals surface area contributed by atoms with Gasteiger partial charge in [-0.2, -0.15) is 0 Å². The van der Waals surface area contributed by atoms with Crippen molar-refractivity contribution in [2.75, 3.05) is 31.2 Å². The minimum Gasteiger partial charge on any atom is -0.378 e. The number of carbonyl (C=O) groups excluding carboxylic acids is 1. The average Bonchev–Trinajstić information content (AvgIpc) is 2.69. The van der Waals surface area contributed by atoms with Crippen LogP contribution in [0.25, 0.3) is 0 Å². The molecule has 1 aliphatic heterocycles. The molecule has 1 amide bonds. The lowest BCUT2D eigenvalue weighted by Gasteiger charge is -2.30. The van der Waals surface area contributed by atoms with Gasteiger partial charge in [0.2, 0.25) is 0 Å². The molecule has 1 heterocycles. The topological polar surface area (TPSA) is 84.7 Å². The molecule has 1 aliphatic rings. The predicted octanol–water partition coefficient (Wildman–Crippen LogP) is 3.54. The normalized spacial score (nSPS) is 15.2. The van der Waals surface area contributed by atoms with Crippen molar-refractivity contribution in [2.45, 2.75) is 26.8 Å². The van der Waals surface area contributed by atoms with Gasteiger partial charge in [-0.05, 0) is 38.0 Å². The fraction of sp³-hybridized carbons (Fsp3) is 0.381. The van der Waals surface area contributed by atoms with Crippen molar-refractivity contribution in [3.8, 4) is 0 Å². The predicted molar refractivity (Wildman–Crippen MR) is 108 cm³/mol. The smallest absolute Gasteiger partial charge is 0.270 e. The summed E-state index contributed by atoms with van der Waals surface area (Å²) in [6.07, 6.45) is 0. The summed E-state index contributed by atoms with van der Waals surface area (Å²) in [5.41, 5.74) is 4.15. The molecule has 2 aromatic rings. The first-order valence-electron chi connectivity index (χ1n) is 9.36. The molecule has 0 spiro atoms. The van der Waals surface area contributed by atoms with Gasteiger partial charge in [0.25, 0.3) is 11.6 Å². The minimum absolute atomic E-state index is 0.0958. The number of benzene rings is 2. The molecular weight excluding hydrogens is 358 g/mol. The number of hydrogen-bond acceptors (Lipinski definition) is 5. The van der Waals surface area contributed by atoms with Crippen molar-refractivity contribution in [2.24, 2.45) is 0 Å². The lowest BCUT2D eigenvalue weighted by Crippen LogP contribution is -2.38. The zero-order valence-corrected chi connectivity index (χ0v) is 16.4. The number of ether oxygens (including phenoxy) is 1. The number of nitro groups is 1. The highest BCUT2D eigenvalue weighted by Crippen LogP contribution is 2.27. The van der Waals surface area contributed by atoms with E-state index in [0.717, 1.165) is 16.7 Å². The molecule has 1 fully saturated rings. The van der Waals surface area contributed by atoms with E-state index in [-0.39, 0.29) is 17.6 Å². The van der Waals surface area contributed by atoms with Gasteiger partial charge in [-0.1, -0.05) is 23.8 Å². The summed E-state index contributed by atoms with van der Waals surface area (Å²) in [7, 11) is 0. The van der Waals surface area contributed by atoms with E-state index in [4.69, 9.17) is 4.74 Å². The molecule has 7 heteroatoms. The van der Waals surface area contributed by atoms with E-state index in [1.807, 2.05) is 37.8 Å². The Labute approximate surface area is 164 Å². The Hall–Kier alpha value is -2.93. The largest absolute Gasteiger partial charge is 0.378 e. The summed E-state index contributed by atoms with van der Waals surface area (Å²) in [6.45, 7) is 8.35. The quantitative estimate of drug-likeness (QED) is 0.631. The van der Waals surface area contributed by atoms with Crippen LogP contribution in [0.5, 0.6) is 0 Å². The molecule has 0 aromatic heterocycles. The summed E-state index contributed by atoms with van der Waals surface area (Å²) in [6, 6.07) is 10.3. The Morgan fingerprint density at radius 1 is 1.18 bits per heavy atom. The number of hydrogen-bond donors (Lipinski definition) is 1. The van der Waals surface area contributed by atoms with E-state index in [9.17, 15) is 14.9 Å². The van der Waals surface area contributed by atoms with Crippen LogP contribution in [-0.4, -0.2) is 37.1 Å². The molecule has 0 radical (unpaired) electrons. The van der Waals surface area contributed by atoms with Gasteiger partial charge < -0.3 is 15.0 Å². The Kier molecular flexibility index (Phi) is 5.94. The van der Waals surface area contributed by atoms with Crippen LogP contribution in [0, 0.1) is 24.0 Å². The zero-order chi connectivity index (χ0) is 20.3. The summed E-state index contributed by atoms with van der Waals surface area (Å²) in [5, 5.41) is 14.2. The fourth-order valence-corrected chi connectivity index (χ4v) is 3.48. The van der Waals surface area contributed by atoms with Crippen LogP contribution >= 0.6 is 0 Å². The summed E-state index contributed by atoms with van der Waals surface area (Å²) >= 11 is 0. The van der Waals surface area contributed by atoms with Gasteiger partial charge in [0.1, 0.15) is 0 Å². The van der Waals surface area contributed by atoms with E-state index in [0.29, 0.717) is 37.6 Å². The second kappa shape index (κ2) is 8.39. The van der Waals surface area contributed by atoms with E-state index in [2.05, 4.69) is 11.4 Å². The maximum atomic E-state index is 13.1. The lowest BCUT2D eigenvalue weighted by molar-refractivity contribution is -0.384. The van der Waals surface area contributed by atoms with E-state index >= 15 is 0 Å². The highest BCUT2D eigenvalue weighted by atomic mass is 16.6. The number of nitro benzene ring substituents is 1. The van der Waals surface area contributed by atoms with Gasteiger partial charge in [-0.3, -0.25) is 14.9 Å².